The standard InChI is InChI=1S/C16H16N2O7/c19-12-3-1-2-4-14(12)25-16(21)8-17-11-7-10(18(22)23)5-6-13(11)24-9-15(17)20/h5-7,14H,1-4,8-9H2/t14-/m1/s1. The second-order valence-electron chi connectivity index (χ2n) is 5.87. The number of benzene rings is 1. The van der Waals surface area contributed by atoms with Crippen molar-refractivity contribution in [3.05, 3.63) is 28.3 Å². The Morgan fingerprint density at radius 2 is 2.16 bits per heavy atom. The van der Waals surface area contributed by atoms with Crippen molar-refractivity contribution < 1.29 is 28.8 Å². The number of nitrogens with zero attached hydrogens (tertiary/aromatic N) is 2. The quantitative estimate of drug-likeness (QED) is 0.458. The normalized spacial score (nSPS) is 19.8. The van der Waals surface area contributed by atoms with Gasteiger partial charge >= 0.3 is 5.97 Å². The molecular weight excluding hydrogens is 332 g/mol. The van der Waals surface area contributed by atoms with Crippen molar-refractivity contribution in [1.82, 2.24) is 0 Å². The number of hydrogen-bond donors (Lipinski definition) is 0. The molecule has 0 bridgehead atoms. The van der Waals surface area contributed by atoms with Gasteiger partial charge in [0.25, 0.3) is 11.6 Å². The SMILES string of the molecule is O=C(CN1C(=O)COc2ccc([N+](=O)[O-])cc21)O[C@@H]1CCCCC1=O. The van der Waals surface area contributed by atoms with Crippen molar-refractivity contribution in [3.63, 3.8) is 0 Å². The Morgan fingerprint density at radius 1 is 1.36 bits per heavy atom. The third-order valence-corrected chi connectivity index (χ3v) is 4.16. The Bertz CT molecular complexity index is 746. The Hall–Kier alpha value is -2.97. The van der Waals surface area contributed by atoms with Gasteiger partial charge in [-0.3, -0.25) is 29.4 Å². The van der Waals surface area contributed by atoms with E-state index >= 15 is 0 Å². The average Bonchev–Trinajstić information content (AvgIpc) is 2.59. The van der Waals surface area contributed by atoms with Gasteiger partial charge in [-0.25, -0.2) is 0 Å². The van der Waals surface area contributed by atoms with Gasteiger partial charge in [0.2, 0.25) is 0 Å². The third-order valence-electron chi connectivity index (χ3n) is 4.16. The van der Waals surface area contributed by atoms with E-state index < -0.39 is 29.4 Å². The number of nitro benzene ring substituents is 1. The zero-order valence-electron chi connectivity index (χ0n) is 13.3. The van der Waals surface area contributed by atoms with Gasteiger partial charge in [0.1, 0.15) is 12.3 Å². The van der Waals surface area contributed by atoms with Crippen molar-refractivity contribution >= 4 is 29.0 Å². The van der Waals surface area contributed by atoms with Gasteiger partial charge in [-0.15, -0.1) is 0 Å². The minimum atomic E-state index is -0.776. The first-order chi connectivity index (χ1) is 12.0. The molecule has 1 aliphatic carbocycles. The molecule has 0 aromatic heterocycles. The molecule has 25 heavy (non-hydrogen) atoms. The lowest BCUT2D eigenvalue weighted by Gasteiger charge is -2.29. The minimum absolute atomic E-state index is 0.121. The van der Waals surface area contributed by atoms with E-state index in [0.29, 0.717) is 12.8 Å². The number of non-ortho nitro benzene ring substituents is 1. The van der Waals surface area contributed by atoms with Crippen LogP contribution in [0.2, 0.25) is 0 Å². The van der Waals surface area contributed by atoms with Crippen LogP contribution in [0.1, 0.15) is 25.7 Å². The summed E-state index contributed by atoms with van der Waals surface area (Å²) in [5, 5.41) is 10.9. The summed E-state index contributed by atoms with van der Waals surface area (Å²) < 4.78 is 10.4. The third kappa shape index (κ3) is 3.59. The summed E-state index contributed by atoms with van der Waals surface area (Å²) in [6, 6.07) is 3.81. The second-order valence-corrected chi connectivity index (χ2v) is 5.87. The number of ketones is 1. The molecule has 0 spiro atoms. The number of hydrogen-bond acceptors (Lipinski definition) is 7. The fraction of sp³-hybridized carbons (Fsp3) is 0.438. The van der Waals surface area contributed by atoms with Gasteiger partial charge < -0.3 is 9.47 Å². The lowest BCUT2D eigenvalue weighted by molar-refractivity contribution is -0.384. The summed E-state index contributed by atoms with van der Waals surface area (Å²) in [4.78, 5) is 47.4. The van der Waals surface area contributed by atoms with E-state index in [-0.39, 0.29) is 29.5 Å². The summed E-state index contributed by atoms with van der Waals surface area (Å²) in [5.74, 6) is -1.09. The Kier molecular flexibility index (Phi) is 4.64. The molecule has 9 nitrogen and oxygen atoms in total. The van der Waals surface area contributed by atoms with Crippen LogP contribution in [-0.4, -0.2) is 41.8 Å². The van der Waals surface area contributed by atoms with Gasteiger partial charge in [-0.1, -0.05) is 0 Å². The maximum Gasteiger partial charge on any atom is 0.326 e. The molecule has 132 valence electrons. The summed E-state index contributed by atoms with van der Waals surface area (Å²) in [6.07, 6.45) is 1.66. The van der Waals surface area contributed by atoms with Crippen LogP contribution < -0.4 is 9.64 Å². The van der Waals surface area contributed by atoms with Crippen LogP contribution in [0, 0.1) is 10.1 Å². The summed E-state index contributed by atoms with van der Waals surface area (Å²) in [5.41, 5.74) is -0.0877. The van der Waals surface area contributed by atoms with Gasteiger partial charge in [0, 0.05) is 18.6 Å². The van der Waals surface area contributed by atoms with Crippen molar-refractivity contribution in [2.75, 3.05) is 18.1 Å². The molecule has 0 N–H and O–H groups in total. The van der Waals surface area contributed by atoms with Gasteiger partial charge in [0.05, 0.1) is 10.6 Å². The molecule has 0 radical (unpaired) electrons. The van der Waals surface area contributed by atoms with Crippen LogP contribution in [0.15, 0.2) is 18.2 Å². The summed E-state index contributed by atoms with van der Waals surface area (Å²) in [6.45, 7) is -0.708. The number of esters is 1. The van der Waals surface area contributed by atoms with Crippen LogP contribution >= 0.6 is 0 Å². The first kappa shape index (κ1) is 16.9. The van der Waals surface area contributed by atoms with E-state index in [1.807, 2.05) is 0 Å². The topological polar surface area (TPSA) is 116 Å². The molecule has 2 aliphatic rings. The number of carbonyl (C=O) groups is 3. The van der Waals surface area contributed by atoms with Crippen LogP contribution in [0.4, 0.5) is 11.4 Å². The largest absolute Gasteiger partial charge is 0.482 e. The van der Waals surface area contributed by atoms with Crippen LogP contribution in [0.25, 0.3) is 0 Å². The highest BCUT2D eigenvalue weighted by atomic mass is 16.6. The first-order valence-electron chi connectivity index (χ1n) is 7.89. The molecular formula is C16H16N2O7. The highest BCUT2D eigenvalue weighted by Gasteiger charge is 2.32. The van der Waals surface area contributed by atoms with Crippen molar-refractivity contribution in [1.29, 1.82) is 0 Å². The van der Waals surface area contributed by atoms with Crippen LogP contribution in [0.3, 0.4) is 0 Å². The Labute approximate surface area is 142 Å². The highest BCUT2D eigenvalue weighted by Crippen LogP contribution is 2.35. The number of ether oxygens (including phenoxy) is 2. The molecule has 1 aromatic rings. The number of carbonyl (C=O) groups excluding carboxylic acids is 3. The van der Waals surface area contributed by atoms with Gasteiger partial charge in [-0.05, 0) is 25.3 Å². The number of fused-ring (bicyclic) bond motifs is 1. The van der Waals surface area contributed by atoms with Gasteiger partial charge in [-0.2, -0.15) is 0 Å². The molecule has 9 heteroatoms. The van der Waals surface area contributed by atoms with Gasteiger partial charge in [0.15, 0.2) is 18.5 Å². The predicted molar refractivity (Wildman–Crippen MR) is 84.3 cm³/mol. The maximum atomic E-state index is 12.2. The zero-order chi connectivity index (χ0) is 18.0. The van der Waals surface area contributed by atoms with E-state index in [9.17, 15) is 24.5 Å². The van der Waals surface area contributed by atoms with E-state index in [4.69, 9.17) is 9.47 Å². The molecule has 1 aliphatic heterocycles. The van der Waals surface area contributed by atoms with Crippen molar-refractivity contribution in [3.8, 4) is 5.75 Å². The molecule has 1 aromatic carbocycles. The molecule has 1 fully saturated rings. The number of rotatable bonds is 4. The van der Waals surface area contributed by atoms with E-state index in [1.165, 1.54) is 18.2 Å². The predicted octanol–water partition coefficient (Wildman–Crippen LogP) is 1.38. The van der Waals surface area contributed by atoms with Crippen molar-refractivity contribution in [2.24, 2.45) is 0 Å². The van der Waals surface area contributed by atoms with E-state index in [0.717, 1.165) is 17.7 Å². The molecule has 0 saturated heterocycles. The monoisotopic (exact) mass is 348 g/mol. The van der Waals surface area contributed by atoms with Crippen LogP contribution in [0.5, 0.6) is 5.75 Å². The number of anilines is 1. The molecule has 1 heterocycles. The first-order valence-corrected chi connectivity index (χ1v) is 7.89. The highest BCUT2D eigenvalue weighted by molar-refractivity contribution is 6.02. The smallest absolute Gasteiger partial charge is 0.326 e. The summed E-state index contributed by atoms with van der Waals surface area (Å²) >= 11 is 0. The Balaban J connectivity index is 1.76. The number of nitro groups is 1. The minimum Gasteiger partial charge on any atom is -0.482 e. The number of amides is 1. The Morgan fingerprint density at radius 3 is 2.88 bits per heavy atom. The fourth-order valence-corrected chi connectivity index (χ4v) is 2.88. The number of Topliss-reactive ketones (excluding diaryl/α,β-unsaturated/α-hetero) is 1. The van der Waals surface area contributed by atoms with E-state index in [2.05, 4.69) is 0 Å². The van der Waals surface area contributed by atoms with Crippen molar-refractivity contribution in [2.45, 2.75) is 31.8 Å². The molecule has 0 unspecified atom stereocenters. The molecule has 1 atom stereocenters. The summed E-state index contributed by atoms with van der Waals surface area (Å²) in [7, 11) is 0. The molecule has 1 amide bonds. The van der Waals surface area contributed by atoms with Crippen LogP contribution in [-0.2, 0) is 19.1 Å². The molecule has 1 saturated carbocycles. The lowest BCUT2D eigenvalue weighted by Crippen LogP contribution is -2.43. The average molecular weight is 348 g/mol. The maximum absolute atomic E-state index is 12.2. The molecule has 3 rings (SSSR count). The fourth-order valence-electron chi connectivity index (χ4n) is 2.88. The lowest BCUT2D eigenvalue weighted by atomic mass is 9.96. The van der Waals surface area contributed by atoms with E-state index in [1.54, 1.807) is 0 Å². The second kappa shape index (κ2) is 6.88. The zero-order valence-corrected chi connectivity index (χ0v) is 13.3.